The van der Waals surface area contributed by atoms with Crippen molar-refractivity contribution >= 4 is 29.0 Å². The first kappa shape index (κ1) is 19.2. The number of hydrogen-bond acceptors (Lipinski definition) is 5. The van der Waals surface area contributed by atoms with E-state index in [-0.39, 0.29) is 24.2 Å². The van der Waals surface area contributed by atoms with Crippen molar-refractivity contribution in [3.05, 3.63) is 59.7 Å². The van der Waals surface area contributed by atoms with E-state index in [0.717, 1.165) is 6.42 Å². The lowest BCUT2D eigenvalue weighted by atomic mass is 10.1. The molecule has 6 nitrogen and oxygen atoms in total. The average molecular weight is 354 g/mol. The van der Waals surface area contributed by atoms with Crippen LogP contribution in [-0.4, -0.2) is 30.8 Å². The van der Waals surface area contributed by atoms with Crippen LogP contribution >= 0.6 is 0 Å². The van der Waals surface area contributed by atoms with Gasteiger partial charge in [0.1, 0.15) is 0 Å². The summed E-state index contributed by atoms with van der Waals surface area (Å²) >= 11 is 0. The van der Waals surface area contributed by atoms with Gasteiger partial charge in [-0.2, -0.15) is 0 Å². The molecule has 2 N–H and O–H groups in total. The molecule has 136 valence electrons. The Hall–Kier alpha value is -3.15. The highest BCUT2D eigenvalue weighted by Gasteiger charge is 2.07. The predicted octanol–water partition coefficient (Wildman–Crippen LogP) is 3.51. The van der Waals surface area contributed by atoms with Gasteiger partial charge in [0, 0.05) is 16.9 Å². The number of anilines is 2. The van der Waals surface area contributed by atoms with E-state index in [1.165, 1.54) is 6.92 Å². The number of benzene rings is 2. The van der Waals surface area contributed by atoms with Crippen LogP contribution in [0.4, 0.5) is 11.4 Å². The summed E-state index contributed by atoms with van der Waals surface area (Å²) in [6.45, 7) is 3.86. The van der Waals surface area contributed by atoms with Crippen LogP contribution in [0.5, 0.6) is 0 Å². The molecule has 0 heterocycles. The largest absolute Gasteiger partial charge is 0.462 e. The molecule has 0 aliphatic carbocycles. The lowest BCUT2D eigenvalue weighted by Crippen LogP contribution is -2.21. The summed E-state index contributed by atoms with van der Waals surface area (Å²) in [5, 5.41) is 5.71. The van der Waals surface area contributed by atoms with Crippen LogP contribution in [0, 0.1) is 0 Å². The minimum absolute atomic E-state index is 0.0585. The number of Topliss-reactive ketones (excluding diaryl/α,β-unsaturated/α-hetero) is 1. The Morgan fingerprint density at radius 2 is 1.69 bits per heavy atom. The quantitative estimate of drug-likeness (QED) is 0.560. The number of carbonyl (C=O) groups excluding carboxylic acids is 3. The lowest BCUT2D eigenvalue weighted by molar-refractivity contribution is -0.114. The van der Waals surface area contributed by atoms with E-state index in [1.807, 2.05) is 6.92 Å². The fourth-order valence-corrected chi connectivity index (χ4v) is 2.21. The molecule has 0 radical (unpaired) electrons. The van der Waals surface area contributed by atoms with Crippen LogP contribution in [0.15, 0.2) is 48.5 Å². The average Bonchev–Trinajstić information content (AvgIpc) is 2.65. The Balaban J connectivity index is 1.86. The maximum atomic E-state index is 12.0. The number of hydrogen-bond donors (Lipinski definition) is 2. The standard InChI is InChI=1S/C20H22N2O4/c1-3-11-26-20(25)15-7-9-17(10-8-15)21-13-19(24)22-18-6-4-5-16(12-18)14(2)23/h4-10,12,21H,3,11,13H2,1-2H3,(H,22,24). The molecule has 0 spiro atoms. The van der Waals surface area contributed by atoms with Crippen LogP contribution in [0.2, 0.25) is 0 Å². The fraction of sp³-hybridized carbons (Fsp3) is 0.250. The van der Waals surface area contributed by atoms with Gasteiger partial charge in [-0.25, -0.2) is 4.79 Å². The van der Waals surface area contributed by atoms with Gasteiger partial charge in [0.25, 0.3) is 0 Å². The molecular weight excluding hydrogens is 332 g/mol. The zero-order valence-electron chi connectivity index (χ0n) is 14.9. The molecule has 6 heteroatoms. The number of ether oxygens (including phenoxy) is 1. The van der Waals surface area contributed by atoms with Crippen molar-refractivity contribution in [1.82, 2.24) is 0 Å². The van der Waals surface area contributed by atoms with Gasteiger partial charge < -0.3 is 15.4 Å². The van der Waals surface area contributed by atoms with Crippen LogP contribution in [-0.2, 0) is 9.53 Å². The summed E-state index contributed by atoms with van der Waals surface area (Å²) in [6.07, 6.45) is 0.774. The summed E-state index contributed by atoms with van der Waals surface area (Å²) in [5.74, 6) is -0.657. The summed E-state index contributed by atoms with van der Waals surface area (Å²) in [7, 11) is 0. The molecule has 2 aromatic carbocycles. The van der Waals surface area contributed by atoms with Crippen LogP contribution in [0.25, 0.3) is 0 Å². The molecule has 2 rings (SSSR count). The third-order valence-corrected chi connectivity index (χ3v) is 3.56. The highest BCUT2D eigenvalue weighted by molar-refractivity contribution is 5.98. The minimum Gasteiger partial charge on any atom is -0.462 e. The van der Waals surface area contributed by atoms with Gasteiger partial charge in [0.2, 0.25) is 5.91 Å². The van der Waals surface area contributed by atoms with Crippen LogP contribution in [0.1, 0.15) is 41.0 Å². The third-order valence-electron chi connectivity index (χ3n) is 3.56. The van der Waals surface area contributed by atoms with Crippen molar-refractivity contribution in [2.75, 3.05) is 23.8 Å². The molecule has 0 unspecified atom stereocenters. The van der Waals surface area contributed by atoms with Crippen LogP contribution in [0.3, 0.4) is 0 Å². The van der Waals surface area contributed by atoms with Crippen molar-refractivity contribution in [3.8, 4) is 0 Å². The van der Waals surface area contributed by atoms with E-state index in [2.05, 4.69) is 10.6 Å². The normalized spacial score (nSPS) is 10.1. The first-order chi connectivity index (χ1) is 12.5. The number of nitrogens with one attached hydrogen (secondary N) is 2. The molecule has 0 aliphatic rings. The monoisotopic (exact) mass is 354 g/mol. The maximum Gasteiger partial charge on any atom is 0.338 e. The molecule has 1 amide bonds. The molecular formula is C20H22N2O4. The topological polar surface area (TPSA) is 84.5 Å². The number of rotatable bonds is 8. The number of ketones is 1. The third kappa shape index (κ3) is 5.73. The molecule has 0 atom stereocenters. The zero-order chi connectivity index (χ0) is 18.9. The van der Waals surface area contributed by atoms with E-state index in [0.29, 0.717) is 29.1 Å². The second-order valence-corrected chi connectivity index (χ2v) is 5.75. The Labute approximate surface area is 152 Å². The molecule has 0 fully saturated rings. The van der Waals surface area contributed by atoms with E-state index < -0.39 is 0 Å². The van der Waals surface area contributed by atoms with Crippen molar-refractivity contribution < 1.29 is 19.1 Å². The molecule has 0 saturated carbocycles. The van der Waals surface area contributed by atoms with E-state index >= 15 is 0 Å². The number of esters is 1. The Morgan fingerprint density at radius 3 is 2.35 bits per heavy atom. The molecule has 0 saturated heterocycles. The summed E-state index contributed by atoms with van der Waals surface area (Å²) in [5.41, 5.74) is 2.29. The van der Waals surface area contributed by atoms with Gasteiger partial charge >= 0.3 is 5.97 Å². The van der Waals surface area contributed by atoms with E-state index in [4.69, 9.17) is 4.74 Å². The van der Waals surface area contributed by atoms with Crippen molar-refractivity contribution in [2.45, 2.75) is 20.3 Å². The minimum atomic E-state index is -0.360. The molecule has 0 bridgehead atoms. The highest BCUT2D eigenvalue weighted by atomic mass is 16.5. The van der Waals surface area contributed by atoms with Gasteiger partial charge in [-0.05, 0) is 49.7 Å². The molecule has 2 aromatic rings. The van der Waals surface area contributed by atoms with Gasteiger partial charge in [-0.1, -0.05) is 19.1 Å². The van der Waals surface area contributed by atoms with Crippen molar-refractivity contribution in [1.29, 1.82) is 0 Å². The second kappa shape index (κ2) is 9.36. The SMILES string of the molecule is CCCOC(=O)c1ccc(NCC(=O)Nc2cccc(C(C)=O)c2)cc1. The molecule has 26 heavy (non-hydrogen) atoms. The van der Waals surface area contributed by atoms with Crippen molar-refractivity contribution in [3.63, 3.8) is 0 Å². The second-order valence-electron chi connectivity index (χ2n) is 5.75. The van der Waals surface area contributed by atoms with Gasteiger partial charge in [-0.15, -0.1) is 0 Å². The zero-order valence-corrected chi connectivity index (χ0v) is 14.9. The van der Waals surface area contributed by atoms with Gasteiger partial charge in [-0.3, -0.25) is 9.59 Å². The number of carbonyl (C=O) groups is 3. The van der Waals surface area contributed by atoms with E-state index in [9.17, 15) is 14.4 Å². The summed E-state index contributed by atoms with van der Waals surface area (Å²) in [6, 6.07) is 13.5. The lowest BCUT2D eigenvalue weighted by Gasteiger charge is -2.09. The summed E-state index contributed by atoms with van der Waals surface area (Å²) in [4.78, 5) is 35.1. The summed E-state index contributed by atoms with van der Waals surface area (Å²) < 4.78 is 5.06. The number of amides is 1. The van der Waals surface area contributed by atoms with Gasteiger partial charge in [0.15, 0.2) is 5.78 Å². The Bertz CT molecular complexity index is 785. The molecule has 0 aliphatic heterocycles. The smallest absolute Gasteiger partial charge is 0.338 e. The first-order valence-electron chi connectivity index (χ1n) is 8.41. The molecule has 0 aromatic heterocycles. The highest BCUT2D eigenvalue weighted by Crippen LogP contribution is 2.12. The predicted molar refractivity (Wildman–Crippen MR) is 101 cm³/mol. The maximum absolute atomic E-state index is 12.0. The Kier molecular flexibility index (Phi) is 6.91. The Morgan fingerprint density at radius 1 is 0.962 bits per heavy atom. The van der Waals surface area contributed by atoms with Crippen molar-refractivity contribution in [2.24, 2.45) is 0 Å². The van der Waals surface area contributed by atoms with Gasteiger partial charge in [0.05, 0.1) is 18.7 Å². The van der Waals surface area contributed by atoms with E-state index in [1.54, 1.807) is 48.5 Å². The fourth-order valence-electron chi connectivity index (χ4n) is 2.21. The first-order valence-corrected chi connectivity index (χ1v) is 8.41. The van der Waals surface area contributed by atoms with Crippen LogP contribution < -0.4 is 10.6 Å².